The third kappa shape index (κ3) is 3.16. The summed E-state index contributed by atoms with van der Waals surface area (Å²) < 4.78 is 0. The van der Waals surface area contributed by atoms with Gasteiger partial charge in [0.15, 0.2) is 0 Å². The van der Waals surface area contributed by atoms with Crippen LogP contribution >= 0.6 is 0 Å². The van der Waals surface area contributed by atoms with E-state index in [-0.39, 0.29) is 24.3 Å². The van der Waals surface area contributed by atoms with Crippen molar-refractivity contribution in [1.82, 2.24) is 4.98 Å². The van der Waals surface area contributed by atoms with Crippen molar-refractivity contribution in [3.8, 4) is 11.1 Å². The number of amides is 3. The molecule has 36 heavy (non-hydrogen) atoms. The lowest BCUT2D eigenvalue weighted by Crippen LogP contribution is -2.57. The summed E-state index contributed by atoms with van der Waals surface area (Å²) in [7, 11) is 0. The van der Waals surface area contributed by atoms with Crippen molar-refractivity contribution >= 4 is 40.0 Å². The maximum absolute atomic E-state index is 13.8. The van der Waals surface area contributed by atoms with Gasteiger partial charge in [-0.05, 0) is 55.3 Å². The molecule has 3 amide bonds. The van der Waals surface area contributed by atoms with Crippen molar-refractivity contribution < 1.29 is 14.4 Å². The summed E-state index contributed by atoms with van der Waals surface area (Å²) in [5.74, 6) is -0.981. The van der Waals surface area contributed by atoms with E-state index in [2.05, 4.69) is 4.98 Å². The number of anilines is 2. The second kappa shape index (κ2) is 7.81. The molecule has 4 aromatic rings. The molecule has 0 bridgehead atoms. The Morgan fingerprint density at radius 2 is 1.75 bits per heavy atom. The fourth-order valence-corrected chi connectivity index (χ4v) is 5.57. The van der Waals surface area contributed by atoms with E-state index in [4.69, 9.17) is 5.73 Å². The van der Waals surface area contributed by atoms with Gasteiger partial charge in [0.25, 0.3) is 0 Å². The van der Waals surface area contributed by atoms with E-state index < -0.39 is 11.3 Å². The number of aromatic nitrogens is 1. The molecular weight excluding hydrogens is 452 g/mol. The van der Waals surface area contributed by atoms with Crippen LogP contribution in [0.25, 0.3) is 22.0 Å². The van der Waals surface area contributed by atoms with E-state index in [0.29, 0.717) is 17.8 Å². The Kier molecular flexibility index (Phi) is 4.80. The summed E-state index contributed by atoms with van der Waals surface area (Å²) >= 11 is 0. The Bertz CT molecular complexity index is 1550. The zero-order valence-electron chi connectivity index (χ0n) is 20.1. The number of primary amides is 1. The van der Waals surface area contributed by atoms with Crippen LogP contribution in [0.5, 0.6) is 0 Å². The molecule has 1 saturated heterocycles. The Labute approximate surface area is 208 Å². The summed E-state index contributed by atoms with van der Waals surface area (Å²) in [5, 5.41) is 0.996. The van der Waals surface area contributed by atoms with Crippen molar-refractivity contribution in [1.29, 1.82) is 0 Å². The highest BCUT2D eigenvalue weighted by Gasteiger charge is 2.49. The SMILES string of the molecule is CC1(C)C(=O)N(CC2CN(c3ccccc3)C2=O)c2cc(C(N)=O)cc(-c3c[nH]c4ccccc34)c21. The van der Waals surface area contributed by atoms with Crippen LogP contribution in [0.1, 0.15) is 29.8 Å². The van der Waals surface area contributed by atoms with Crippen LogP contribution in [0.4, 0.5) is 11.4 Å². The van der Waals surface area contributed by atoms with Crippen LogP contribution in [0, 0.1) is 5.92 Å². The number of hydrogen-bond donors (Lipinski definition) is 2. The maximum Gasteiger partial charge on any atom is 0.248 e. The lowest BCUT2D eigenvalue weighted by atomic mass is 9.80. The first-order valence-corrected chi connectivity index (χ1v) is 12.0. The number of carbonyl (C=O) groups excluding carboxylic acids is 3. The molecule has 2 aliphatic rings. The second-order valence-corrected chi connectivity index (χ2v) is 10.1. The first-order chi connectivity index (χ1) is 17.3. The molecular formula is C29H26N4O3. The number of fused-ring (bicyclic) bond motifs is 2. The second-order valence-electron chi connectivity index (χ2n) is 10.1. The number of rotatable bonds is 5. The average molecular weight is 479 g/mol. The van der Waals surface area contributed by atoms with Crippen molar-refractivity contribution in [2.45, 2.75) is 19.3 Å². The minimum Gasteiger partial charge on any atom is -0.366 e. The Hall–Kier alpha value is -4.39. The zero-order valence-corrected chi connectivity index (χ0v) is 20.1. The van der Waals surface area contributed by atoms with Gasteiger partial charge in [-0.1, -0.05) is 36.4 Å². The Morgan fingerprint density at radius 1 is 1.03 bits per heavy atom. The van der Waals surface area contributed by atoms with Crippen LogP contribution in [0.3, 0.4) is 0 Å². The van der Waals surface area contributed by atoms with E-state index >= 15 is 0 Å². The fourth-order valence-electron chi connectivity index (χ4n) is 5.57. The number of nitrogens with one attached hydrogen (secondary N) is 1. The maximum atomic E-state index is 13.8. The Balaban J connectivity index is 1.43. The lowest BCUT2D eigenvalue weighted by Gasteiger charge is -2.40. The zero-order chi connectivity index (χ0) is 25.2. The van der Waals surface area contributed by atoms with Crippen LogP contribution < -0.4 is 15.5 Å². The molecule has 7 nitrogen and oxygen atoms in total. The minimum atomic E-state index is -0.842. The Morgan fingerprint density at radius 3 is 2.47 bits per heavy atom. The van der Waals surface area contributed by atoms with Gasteiger partial charge in [0.2, 0.25) is 17.7 Å². The highest BCUT2D eigenvalue weighted by Crippen LogP contribution is 2.49. The van der Waals surface area contributed by atoms with Gasteiger partial charge in [0.05, 0.1) is 11.3 Å². The molecule has 1 unspecified atom stereocenters. The molecule has 1 fully saturated rings. The molecule has 1 aromatic heterocycles. The van der Waals surface area contributed by atoms with E-state index in [1.165, 1.54) is 0 Å². The molecule has 180 valence electrons. The van der Waals surface area contributed by atoms with Crippen LogP contribution in [-0.2, 0) is 15.0 Å². The first-order valence-electron chi connectivity index (χ1n) is 12.0. The minimum absolute atomic E-state index is 0.0110. The summed E-state index contributed by atoms with van der Waals surface area (Å²) in [6.45, 7) is 4.59. The highest BCUT2D eigenvalue weighted by atomic mass is 16.2. The third-order valence-corrected chi connectivity index (χ3v) is 7.47. The highest BCUT2D eigenvalue weighted by molar-refractivity contribution is 6.13. The van der Waals surface area contributed by atoms with Gasteiger partial charge < -0.3 is 20.5 Å². The predicted molar refractivity (Wildman–Crippen MR) is 140 cm³/mol. The number of nitrogens with zero attached hydrogens (tertiary/aromatic N) is 2. The van der Waals surface area contributed by atoms with Crippen molar-refractivity contribution in [2.75, 3.05) is 22.9 Å². The number of β-lactam (4-membered cyclic amide) rings is 1. The van der Waals surface area contributed by atoms with E-state index in [1.807, 2.05) is 74.6 Å². The van der Waals surface area contributed by atoms with Gasteiger partial charge in [0, 0.05) is 52.7 Å². The molecule has 0 aliphatic carbocycles. The molecule has 7 heteroatoms. The molecule has 3 aromatic carbocycles. The van der Waals surface area contributed by atoms with Crippen LogP contribution in [-0.4, -0.2) is 35.8 Å². The van der Waals surface area contributed by atoms with E-state index in [9.17, 15) is 14.4 Å². The van der Waals surface area contributed by atoms with Crippen molar-refractivity contribution in [3.05, 3.63) is 84.1 Å². The average Bonchev–Trinajstić information content (AvgIpc) is 3.38. The number of benzene rings is 3. The van der Waals surface area contributed by atoms with Gasteiger partial charge in [-0.15, -0.1) is 0 Å². The summed E-state index contributed by atoms with van der Waals surface area (Å²) in [6, 6.07) is 20.9. The fraction of sp³-hybridized carbons (Fsp3) is 0.207. The number of nitrogens with two attached hydrogens (primary N) is 1. The number of carbonyl (C=O) groups is 3. The number of para-hydroxylation sites is 2. The van der Waals surface area contributed by atoms with E-state index in [0.717, 1.165) is 33.3 Å². The lowest BCUT2D eigenvalue weighted by molar-refractivity contribution is -0.127. The smallest absolute Gasteiger partial charge is 0.248 e. The van der Waals surface area contributed by atoms with Crippen LogP contribution in [0.15, 0.2) is 72.9 Å². The van der Waals surface area contributed by atoms with Crippen LogP contribution in [0.2, 0.25) is 0 Å². The van der Waals surface area contributed by atoms with Crippen molar-refractivity contribution in [3.63, 3.8) is 0 Å². The molecule has 1 atom stereocenters. The van der Waals surface area contributed by atoms with E-state index in [1.54, 1.807) is 21.9 Å². The molecule has 0 spiro atoms. The largest absolute Gasteiger partial charge is 0.366 e. The first kappa shape index (κ1) is 22.1. The molecule has 2 aliphatic heterocycles. The summed E-state index contributed by atoms with van der Waals surface area (Å²) in [6.07, 6.45) is 1.90. The standard InChI is InChI=1S/C29H26N4O3/c1-29(2)25-21(22-14-31-23-11-7-6-10-20(22)23)12-17(26(30)34)13-24(25)33(28(29)36)16-18-15-32(27(18)35)19-8-4-3-5-9-19/h3-14,18,31H,15-16H2,1-2H3,(H2,30,34). The predicted octanol–water partition coefficient (Wildman–Crippen LogP) is 4.22. The normalized spacial score (nSPS) is 18.4. The molecule has 0 radical (unpaired) electrons. The number of hydrogen-bond acceptors (Lipinski definition) is 3. The molecule has 3 N–H and O–H groups in total. The number of aromatic amines is 1. The topological polar surface area (TPSA) is 99.5 Å². The van der Waals surface area contributed by atoms with Crippen molar-refractivity contribution in [2.24, 2.45) is 11.7 Å². The molecule has 0 saturated carbocycles. The summed E-state index contributed by atoms with van der Waals surface area (Å²) in [4.78, 5) is 45.8. The van der Waals surface area contributed by atoms with Gasteiger partial charge in [-0.2, -0.15) is 0 Å². The molecule has 3 heterocycles. The van der Waals surface area contributed by atoms with Gasteiger partial charge >= 0.3 is 0 Å². The number of H-pyrrole nitrogens is 1. The quantitative estimate of drug-likeness (QED) is 0.420. The van der Waals surface area contributed by atoms with Gasteiger partial charge in [-0.25, -0.2) is 0 Å². The third-order valence-electron chi connectivity index (χ3n) is 7.47. The summed E-state index contributed by atoms with van der Waals surface area (Å²) in [5.41, 5.74) is 10.2. The van der Waals surface area contributed by atoms with Gasteiger partial charge in [0.1, 0.15) is 0 Å². The monoisotopic (exact) mass is 478 g/mol. The van der Waals surface area contributed by atoms with Gasteiger partial charge in [-0.3, -0.25) is 14.4 Å². The molecule has 6 rings (SSSR count).